The van der Waals surface area contributed by atoms with Gasteiger partial charge in [-0.3, -0.25) is 9.59 Å². The molecule has 0 spiro atoms. The summed E-state index contributed by atoms with van der Waals surface area (Å²) in [4.78, 5) is 21.7. The molecule has 0 aliphatic heterocycles. The van der Waals surface area contributed by atoms with Crippen LogP contribution in [-0.2, 0) is 19.1 Å². The van der Waals surface area contributed by atoms with Crippen LogP contribution in [0.4, 0.5) is 0 Å². The van der Waals surface area contributed by atoms with E-state index in [4.69, 9.17) is 24.8 Å². The molecule has 7 nitrogen and oxygen atoms in total. The van der Waals surface area contributed by atoms with Gasteiger partial charge in [0.1, 0.15) is 12.2 Å². The number of hydrogen-bond donors (Lipinski definition) is 3. The number of carboxylic acids is 1. The van der Waals surface area contributed by atoms with E-state index >= 15 is 0 Å². The first-order chi connectivity index (χ1) is 9.45. The summed E-state index contributed by atoms with van der Waals surface area (Å²) in [6.07, 6.45) is 0.540. The molecule has 0 heterocycles. The second-order valence-electron chi connectivity index (χ2n) is 4.60. The number of carbonyl (C=O) groups is 2. The van der Waals surface area contributed by atoms with Gasteiger partial charge < -0.3 is 24.8 Å². The quantitative estimate of drug-likeness (QED) is 0.351. The standard InChI is InChI=1S/C13H24O7/c1-10(6-7-19-9-11(15)8-14)20-13(18)5-3-2-4-12(16)17/h10-11,14-15H,2-9H2,1H3,(H,16,17). The second-order valence-corrected chi connectivity index (χ2v) is 4.60. The monoisotopic (exact) mass is 292 g/mol. The summed E-state index contributed by atoms with van der Waals surface area (Å²) in [5, 5.41) is 26.0. The van der Waals surface area contributed by atoms with Crippen molar-refractivity contribution in [1.82, 2.24) is 0 Å². The zero-order valence-corrected chi connectivity index (χ0v) is 11.8. The summed E-state index contributed by atoms with van der Waals surface area (Å²) in [6, 6.07) is 0. The maximum Gasteiger partial charge on any atom is 0.306 e. The molecule has 0 aliphatic rings. The van der Waals surface area contributed by atoms with Crippen LogP contribution in [0, 0.1) is 0 Å². The highest BCUT2D eigenvalue weighted by molar-refractivity contribution is 5.70. The van der Waals surface area contributed by atoms with Crippen LogP contribution in [0.3, 0.4) is 0 Å². The highest BCUT2D eigenvalue weighted by Gasteiger charge is 2.10. The first-order valence-corrected chi connectivity index (χ1v) is 6.73. The van der Waals surface area contributed by atoms with Gasteiger partial charge in [0.05, 0.1) is 19.8 Å². The Morgan fingerprint density at radius 2 is 1.85 bits per heavy atom. The fourth-order valence-electron chi connectivity index (χ4n) is 1.41. The van der Waals surface area contributed by atoms with Crippen LogP contribution in [0.1, 0.15) is 39.0 Å². The van der Waals surface area contributed by atoms with Crippen molar-refractivity contribution in [3.8, 4) is 0 Å². The number of unbranched alkanes of at least 4 members (excludes halogenated alkanes) is 1. The fourth-order valence-corrected chi connectivity index (χ4v) is 1.41. The van der Waals surface area contributed by atoms with Gasteiger partial charge in [-0.2, -0.15) is 0 Å². The van der Waals surface area contributed by atoms with E-state index in [1.165, 1.54) is 0 Å². The van der Waals surface area contributed by atoms with E-state index in [1.54, 1.807) is 6.92 Å². The van der Waals surface area contributed by atoms with Crippen LogP contribution < -0.4 is 0 Å². The molecule has 0 saturated heterocycles. The van der Waals surface area contributed by atoms with Crippen molar-refractivity contribution in [2.24, 2.45) is 0 Å². The van der Waals surface area contributed by atoms with Crippen molar-refractivity contribution in [2.45, 2.75) is 51.2 Å². The minimum atomic E-state index is -0.887. The third-order valence-corrected chi connectivity index (χ3v) is 2.54. The number of rotatable bonds is 12. The lowest BCUT2D eigenvalue weighted by molar-refractivity contribution is -0.149. The van der Waals surface area contributed by atoms with Crippen LogP contribution in [0.25, 0.3) is 0 Å². The lowest BCUT2D eigenvalue weighted by atomic mass is 10.2. The minimum Gasteiger partial charge on any atom is -0.481 e. The van der Waals surface area contributed by atoms with Crippen molar-refractivity contribution in [1.29, 1.82) is 0 Å². The third kappa shape index (κ3) is 11.9. The van der Waals surface area contributed by atoms with Crippen LogP contribution in [0.2, 0.25) is 0 Å². The zero-order chi connectivity index (χ0) is 15.4. The summed E-state index contributed by atoms with van der Waals surface area (Å²) in [6.45, 7) is 1.76. The van der Waals surface area contributed by atoms with E-state index in [0.717, 1.165) is 0 Å². The minimum absolute atomic E-state index is 0.0480. The summed E-state index contributed by atoms with van der Waals surface area (Å²) in [7, 11) is 0. The van der Waals surface area contributed by atoms with Crippen LogP contribution in [0.15, 0.2) is 0 Å². The molecule has 2 unspecified atom stereocenters. The van der Waals surface area contributed by atoms with Gasteiger partial charge in [0.2, 0.25) is 0 Å². The molecule has 0 aromatic carbocycles. The SMILES string of the molecule is CC(CCOCC(O)CO)OC(=O)CCCCC(=O)O. The number of hydrogen-bond acceptors (Lipinski definition) is 6. The van der Waals surface area contributed by atoms with E-state index in [-0.39, 0.29) is 38.1 Å². The smallest absolute Gasteiger partial charge is 0.306 e. The van der Waals surface area contributed by atoms with E-state index in [0.29, 0.717) is 25.9 Å². The lowest BCUT2D eigenvalue weighted by Gasteiger charge is -2.14. The van der Waals surface area contributed by atoms with Gasteiger partial charge in [-0.15, -0.1) is 0 Å². The fraction of sp³-hybridized carbons (Fsp3) is 0.846. The van der Waals surface area contributed by atoms with Crippen molar-refractivity contribution in [3.05, 3.63) is 0 Å². The number of aliphatic hydroxyl groups excluding tert-OH is 2. The molecule has 0 saturated carbocycles. The number of carboxylic acid groups (broad SMARTS) is 1. The molecule has 0 fully saturated rings. The highest BCUT2D eigenvalue weighted by atomic mass is 16.5. The molecule has 0 amide bonds. The average molecular weight is 292 g/mol. The Labute approximate surface area is 118 Å². The van der Waals surface area contributed by atoms with Gasteiger partial charge in [-0.25, -0.2) is 0 Å². The number of aliphatic hydroxyl groups is 2. The predicted octanol–water partition coefficient (Wildman–Crippen LogP) is 0.323. The third-order valence-electron chi connectivity index (χ3n) is 2.54. The molecular formula is C13H24O7. The van der Waals surface area contributed by atoms with Gasteiger partial charge in [0.25, 0.3) is 0 Å². The van der Waals surface area contributed by atoms with E-state index in [2.05, 4.69) is 0 Å². The van der Waals surface area contributed by atoms with E-state index in [9.17, 15) is 9.59 Å². The molecule has 0 aliphatic carbocycles. The molecule has 0 bridgehead atoms. The van der Waals surface area contributed by atoms with E-state index in [1.807, 2.05) is 0 Å². The molecule has 2 atom stereocenters. The Morgan fingerprint density at radius 1 is 1.20 bits per heavy atom. The molecule has 0 aromatic heterocycles. The zero-order valence-electron chi connectivity index (χ0n) is 11.8. The normalized spacial score (nSPS) is 13.8. The number of aliphatic carboxylic acids is 1. The number of carbonyl (C=O) groups excluding carboxylic acids is 1. The molecular weight excluding hydrogens is 268 g/mol. The van der Waals surface area contributed by atoms with Gasteiger partial charge in [0, 0.05) is 19.3 Å². The number of ether oxygens (including phenoxy) is 2. The molecule has 0 rings (SSSR count). The average Bonchev–Trinajstić information content (AvgIpc) is 2.39. The Bertz CT molecular complexity index is 280. The predicted molar refractivity (Wildman–Crippen MR) is 70.2 cm³/mol. The van der Waals surface area contributed by atoms with Gasteiger partial charge >= 0.3 is 11.9 Å². The summed E-state index contributed by atoms with van der Waals surface area (Å²) >= 11 is 0. The Morgan fingerprint density at radius 3 is 2.45 bits per heavy atom. The topological polar surface area (TPSA) is 113 Å². The molecule has 118 valence electrons. The molecule has 7 heteroatoms. The second kappa shape index (κ2) is 11.6. The van der Waals surface area contributed by atoms with Crippen molar-refractivity contribution in [3.63, 3.8) is 0 Å². The highest BCUT2D eigenvalue weighted by Crippen LogP contribution is 2.05. The summed E-state index contributed by atoms with van der Waals surface area (Å²) in [5.41, 5.74) is 0. The Hall–Kier alpha value is -1.18. The van der Waals surface area contributed by atoms with Crippen LogP contribution >= 0.6 is 0 Å². The Kier molecular flexibility index (Phi) is 10.9. The van der Waals surface area contributed by atoms with Crippen molar-refractivity contribution in [2.75, 3.05) is 19.8 Å². The first kappa shape index (κ1) is 18.8. The summed E-state index contributed by atoms with van der Waals surface area (Å²) < 4.78 is 10.2. The molecule has 0 aromatic rings. The molecule has 20 heavy (non-hydrogen) atoms. The largest absolute Gasteiger partial charge is 0.481 e. The molecule has 0 radical (unpaired) electrons. The van der Waals surface area contributed by atoms with Gasteiger partial charge in [0.15, 0.2) is 0 Å². The lowest BCUT2D eigenvalue weighted by Crippen LogP contribution is -2.22. The first-order valence-electron chi connectivity index (χ1n) is 6.73. The van der Waals surface area contributed by atoms with E-state index < -0.39 is 12.1 Å². The maximum atomic E-state index is 11.4. The maximum absolute atomic E-state index is 11.4. The van der Waals surface area contributed by atoms with Crippen molar-refractivity contribution < 1.29 is 34.4 Å². The van der Waals surface area contributed by atoms with Gasteiger partial charge in [-0.1, -0.05) is 0 Å². The van der Waals surface area contributed by atoms with Crippen LogP contribution in [-0.4, -0.2) is 59.3 Å². The summed E-state index contributed by atoms with van der Waals surface area (Å²) in [5.74, 6) is -1.22. The Balaban J connectivity index is 3.52. The van der Waals surface area contributed by atoms with Gasteiger partial charge in [-0.05, 0) is 19.8 Å². The van der Waals surface area contributed by atoms with Crippen molar-refractivity contribution >= 4 is 11.9 Å². The molecule has 3 N–H and O–H groups in total. The van der Waals surface area contributed by atoms with Crippen LogP contribution in [0.5, 0.6) is 0 Å². The number of esters is 1.